The number of carbonyl (C=O) groups is 1. The maximum Gasteiger partial charge on any atom is 0.213 e. The lowest BCUT2D eigenvalue weighted by atomic mass is 10.1. The van der Waals surface area contributed by atoms with Crippen molar-refractivity contribution in [2.45, 2.75) is 38.3 Å². The van der Waals surface area contributed by atoms with Crippen LogP contribution in [0.2, 0.25) is 0 Å². The Bertz CT molecular complexity index is 964. The van der Waals surface area contributed by atoms with Crippen LogP contribution in [0.5, 0.6) is 11.6 Å². The Hall–Kier alpha value is -3.22. The monoisotopic (exact) mass is 378 g/mol. The summed E-state index contributed by atoms with van der Waals surface area (Å²) in [5, 5.41) is 4.55. The average Bonchev–Trinajstić information content (AvgIpc) is 3.43. The fraction of sp³-hybridized carbons (Fsp3) is 0.333. The number of ether oxygens (including phenoxy) is 2. The van der Waals surface area contributed by atoms with E-state index in [-0.39, 0.29) is 6.61 Å². The van der Waals surface area contributed by atoms with Crippen molar-refractivity contribution in [2.24, 2.45) is 0 Å². The van der Waals surface area contributed by atoms with E-state index in [2.05, 4.69) is 19.7 Å². The summed E-state index contributed by atoms with van der Waals surface area (Å²) in [6.07, 6.45) is 10.6. The van der Waals surface area contributed by atoms with Gasteiger partial charge >= 0.3 is 0 Å². The van der Waals surface area contributed by atoms with Crippen LogP contribution >= 0.6 is 0 Å². The van der Waals surface area contributed by atoms with Crippen molar-refractivity contribution in [1.29, 1.82) is 0 Å². The molecular weight excluding hydrogens is 356 g/mol. The van der Waals surface area contributed by atoms with Crippen molar-refractivity contribution in [3.8, 4) is 23.0 Å². The van der Waals surface area contributed by atoms with E-state index in [0.717, 1.165) is 36.1 Å². The predicted molar refractivity (Wildman–Crippen MR) is 103 cm³/mol. The second-order valence-electron chi connectivity index (χ2n) is 6.78. The molecule has 7 nitrogen and oxygen atoms in total. The first-order chi connectivity index (χ1) is 13.8. The van der Waals surface area contributed by atoms with Gasteiger partial charge in [-0.15, -0.1) is 0 Å². The molecule has 0 radical (unpaired) electrons. The molecule has 4 rings (SSSR count). The van der Waals surface area contributed by atoms with Gasteiger partial charge in [-0.3, -0.25) is 14.5 Å². The van der Waals surface area contributed by atoms with E-state index < -0.39 is 0 Å². The quantitative estimate of drug-likeness (QED) is 0.581. The highest BCUT2D eigenvalue weighted by Gasteiger charge is 2.22. The zero-order chi connectivity index (χ0) is 19.3. The Morgan fingerprint density at radius 3 is 2.86 bits per heavy atom. The molecule has 0 amide bonds. The molecular formula is C21H22N4O3. The number of pyridine rings is 2. The number of hydrogen-bond donors (Lipinski definition) is 0. The van der Waals surface area contributed by atoms with Gasteiger partial charge in [-0.1, -0.05) is 18.9 Å². The molecule has 3 heterocycles. The molecule has 0 atom stereocenters. The van der Waals surface area contributed by atoms with E-state index in [1.54, 1.807) is 12.3 Å². The van der Waals surface area contributed by atoms with Crippen molar-refractivity contribution >= 4 is 6.29 Å². The largest absolute Gasteiger partial charge is 0.486 e. The van der Waals surface area contributed by atoms with Crippen LogP contribution in [0.4, 0.5) is 0 Å². The van der Waals surface area contributed by atoms with Crippen LogP contribution in [0.3, 0.4) is 0 Å². The number of aromatic nitrogens is 4. The first-order valence-electron chi connectivity index (χ1n) is 9.40. The van der Waals surface area contributed by atoms with Crippen LogP contribution in [0, 0.1) is 0 Å². The van der Waals surface area contributed by atoms with Gasteiger partial charge in [-0.25, -0.2) is 4.98 Å². The van der Waals surface area contributed by atoms with Crippen molar-refractivity contribution in [3.63, 3.8) is 0 Å². The first kappa shape index (κ1) is 18.2. The van der Waals surface area contributed by atoms with Gasteiger partial charge < -0.3 is 9.47 Å². The molecule has 1 saturated carbocycles. The number of carbonyl (C=O) groups excluding carboxylic acids is 1. The van der Waals surface area contributed by atoms with E-state index in [1.165, 1.54) is 26.1 Å². The lowest BCUT2D eigenvalue weighted by Gasteiger charge is -2.16. The fourth-order valence-corrected chi connectivity index (χ4v) is 3.65. The van der Waals surface area contributed by atoms with Crippen LogP contribution in [-0.4, -0.2) is 33.1 Å². The minimum Gasteiger partial charge on any atom is -0.486 e. The van der Waals surface area contributed by atoms with E-state index >= 15 is 0 Å². The van der Waals surface area contributed by atoms with Crippen molar-refractivity contribution in [3.05, 3.63) is 54.0 Å². The van der Waals surface area contributed by atoms with Crippen LogP contribution in [0.15, 0.2) is 42.9 Å². The zero-order valence-corrected chi connectivity index (χ0v) is 15.7. The maximum atomic E-state index is 11.4. The highest BCUT2D eigenvalue weighted by molar-refractivity contribution is 5.79. The molecule has 0 saturated heterocycles. The predicted octanol–water partition coefficient (Wildman–Crippen LogP) is 3.86. The second-order valence-corrected chi connectivity index (χ2v) is 6.78. The standard InChI is InChI=1S/C21H22N4O3/c1-27-20-11-16(13-26)19(12-23-20)28-14-15-5-4-9-22-21(15)18-8-10-24-25(18)17-6-2-3-7-17/h4-5,8-13,17H,2-3,6-7,14H2,1H3. The van der Waals surface area contributed by atoms with Crippen molar-refractivity contribution in [2.75, 3.05) is 7.11 Å². The van der Waals surface area contributed by atoms with Crippen molar-refractivity contribution < 1.29 is 14.3 Å². The molecule has 0 bridgehead atoms. The molecule has 1 aliphatic rings. The first-order valence-corrected chi connectivity index (χ1v) is 9.40. The summed E-state index contributed by atoms with van der Waals surface area (Å²) in [5.74, 6) is 0.784. The summed E-state index contributed by atoms with van der Waals surface area (Å²) in [6.45, 7) is 0.272. The average molecular weight is 378 g/mol. The van der Waals surface area contributed by atoms with E-state index in [0.29, 0.717) is 23.2 Å². The molecule has 7 heteroatoms. The second kappa shape index (κ2) is 8.21. The van der Waals surface area contributed by atoms with Crippen molar-refractivity contribution in [1.82, 2.24) is 19.7 Å². The molecule has 0 spiro atoms. The van der Waals surface area contributed by atoms with Gasteiger partial charge in [-0.2, -0.15) is 5.10 Å². The van der Waals surface area contributed by atoms with Crippen LogP contribution in [-0.2, 0) is 6.61 Å². The highest BCUT2D eigenvalue weighted by Crippen LogP contribution is 2.33. The number of aldehydes is 1. The normalized spacial score (nSPS) is 14.2. The molecule has 1 aliphatic carbocycles. The maximum absolute atomic E-state index is 11.4. The Balaban J connectivity index is 1.60. The minimum absolute atomic E-state index is 0.272. The van der Waals surface area contributed by atoms with Gasteiger partial charge in [0.25, 0.3) is 0 Å². The number of hydrogen-bond acceptors (Lipinski definition) is 6. The molecule has 3 aromatic heterocycles. The molecule has 0 aliphatic heterocycles. The number of rotatable bonds is 7. The molecule has 3 aromatic rings. The summed E-state index contributed by atoms with van der Waals surface area (Å²) >= 11 is 0. The summed E-state index contributed by atoms with van der Waals surface area (Å²) in [7, 11) is 1.51. The summed E-state index contributed by atoms with van der Waals surface area (Å²) in [6, 6.07) is 7.84. The Labute approximate surface area is 163 Å². The number of methoxy groups -OCH3 is 1. The molecule has 1 fully saturated rings. The minimum atomic E-state index is 0.272. The summed E-state index contributed by atoms with van der Waals surface area (Å²) < 4.78 is 13.0. The Morgan fingerprint density at radius 2 is 2.07 bits per heavy atom. The lowest BCUT2D eigenvalue weighted by Crippen LogP contribution is -2.10. The van der Waals surface area contributed by atoms with E-state index in [4.69, 9.17) is 9.47 Å². The van der Waals surface area contributed by atoms with Gasteiger partial charge in [-0.05, 0) is 25.0 Å². The third kappa shape index (κ3) is 3.60. The SMILES string of the molecule is COc1cc(C=O)c(OCc2cccnc2-c2ccnn2C2CCCC2)cn1. The molecule has 0 aromatic carbocycles. The van der Waals surface area contributed by atoms with Gasteiger partial charge in [0, 0.05) is 24.0 Å². The highest BCUT2D eigenvalue weighted by atomic mass is 16.5. The van der Waals surface area contributed by atoms with Gasteiger partial charge in [0.2, 0.25) is 5.88 Å². The van der Waals surface area contributed by atoms with E-state index in [1.807, 2.05) is 24.4 Å². The van der Waals surface area contributed by atoms with Gasteiger partial charge in [0.15, 0.2) is 6.29 Å². The van der Waals surface area contributed by atoms with Crippen LogP contribution in [0.1, 0.15) is 47.6 Å². The molecule has 28 heavy (non-hydrogen) atoms. The Morgan fingerprint density at radius 1 is 1.21 bits per heavy atom. The van der Waals surface area contributed by atoms with Crippen LogP contribution < -0.4 is 9.47 Å². The van der Waals surface area contributed by atoms with Gasteiger partial charge in [0.1, 0.15) is 12.4 Å². The van der Waals surface area contributed by atoms with Crippen LogP contribution in [0.25, 0.3) is 11.4 Å². The third-order valence-corrected chi connectivity index (χ3v) is 5.07. The molecule has 0 unspecified atom stereocenters. The molecule has 0 N–H and O–H groups in total. The third-order valence-electron chi connectivity index (χ3n) is 5.07. The number of nitrogens with zero attached hydrogens (tertiary/aromatic N) is 4. The smallest absolute Gasteiger partial charge is 0.213 e. The fourth-order valence-electron chi connectivity index (χ4n) is 3.65. The molecule has 144 valence electrons. The summed E-state index contributed by atoms with van der Waals surface area (Å²) in [5.41, 5.74) is 3.17. The Kier molecular flexibility index (Phi) is 5.32. The van der Waals surface area contributed by atoms with E-state index in [9.17, 15) is 4.79 Å². The zero-order valence-electron chi connectivity index (χ0n) is 15.7. The summed E-state index contributed by atoms with van der Waals surface area (Å²) in [4.78, 5) is 20.1. The topological polar surface area (TPSA) is 79.1 Å². The lowest BCUT2D eigenvalue weighted by molar-refractivity contribution is 0.111. The van der Waals surface area contributed by atoms with Gasteiger partial charge in [0.05, 0.1) is 36.3 Å².